The van der Waals surface area contributed by atoms with Crippen LogP contribution in [0.2, 0.25) is 0 Å². The molecule has 0 aliphatic rings. The van der Waals surface area contributed by atoms with E-state index in [9.17, 15) is 9.90 Å². The van der Waals surface area contributed by atoms with E-state index in [1.165, 1.54) is 0 Å². The van der Waals surface area contributed by atoms with Gasteiger partial charge in [0.1, 0.15) is 18.5 Å². The first kappa shape index (κ1) is 23.8. The van der Waals surface area contributed by atoms with Crippen molar-refractivity contribution in [3.8, 4) is 11.4 Å². The fraction of sp³-hybridized carbons (Fsp3) is 0.400. The zero-order chi connectivity index (χ0) is 23.1. The summed E-state index contributed by atoms with van der Waals surface area (Å²) in [7, 11) is 0. The van der Waals surface area contributed by atoms with Crippen molar-refractivity contribution in [2.45, 2.75) is 33.3 Å². The smallest absolute Gasteiger partial charge is 0.340 e. The minimum atomic E-state index is -0.687. The van der Waals surface area contributed by atoms with Crippen LogP contribution in [0.3, 0.4) is 0 Å². The Morgan fingerprint density at radius 3 is 2.59 bits per heavy atom. The third-order valence-electron chi connectivity index (χ3n) is 5.28. The number of aromatic nitrogens is 1. The summed E-state index contributed by atoms with van der Waals surface area (Å²) in [6, 6.07) is 13.7. The Bertz CT molecular complexity index is 1040. The van der Waals surface area contributed by atoms with E-state index >= 15 is 0 Å². The Kier molecular flexibility index (Phi) is 8.27. The van der Waals surface area contributed by atoms with E-state index in [2.05, 4.69) is 5.32 Å². The Morgan fingerprint density at radius 1 is 1.16 bits per heavy atom. The molecule has 1 aromatic heterocycles. The second-order valence-corrected chi connectivity index (χ2v) is 7.78. The van der Waals surface area contributed by atoms with E-state index < -0.39 is 6.10 Å². The predicted molar refractivity (Wildman–Crippen MR) is 125 cm³/mol. The van der Waals surface area contributed by atoms with Crippen molar-refractivity contribution in [1.29, 1.82) is 0 Å². The molecule has 7 nitrogen and oxygen atoms in total. The van der Waals surface area contributed by atoms with Gasteiger partial charge in [-0.15, -0.1) is 0 Å². The first-order chi connectivity index (χ1) is 15.5. The van der Waals surface area contributed by atoms with Crippen LogP contribution in [-0.4, -0.2) is 59.8 Å². The number of nitrogens with zero attached hydrogens (tertiary/aromatic N) is 1. The van der Waals surface area contributed by atoms with Gasteiger partial charge < -0.3 is 29.6 Å². The maximum Gasteiger partial charge on any atom is 0.340 e. The van der Waals surface area contributed by atoms with E-state index in [0.717, 1.165) is 27.8 Å². The van der Waals surface area contributed by atoms with Crippen LogP contribution < -0.4 is 10.1 Å². The highest BCUT2D eigenvalue weighted by Crippen LogP contribution is 2.32. The number of rotatable bonds is 11. The average molecular weight is 441 g/mol. The van der Waals surface area contributed by atoms with Gasteiger partial charge >= 0.3 is 5.97 Å². The van der Waals surface area contributed by atoms with Crippen LogP contribution in [0.4, 0.5) is 0 Å². The number of aryl methyl sites for hydroxylation is 1. The number of aliphatic hydroxyl groups is 2. The molecule has 0 radical (unpaired) electrons. The molecule has 0 fully saturated rings. The standard InChI is InChI=1S/C25H32N2O5/c1-4-31-25(30)24-18(3)27(19-8-6-17(2)7-9-19)23-11-10-21(14-22(23)24)32-16-20(29)15-26-12-5-13-28/h6-11,14,20,26,28-29H,4-5,12-13,15-16H2,1-3H3/t20-/m1/s1. The van der Waals surface area contributed by atoms with Gasteiger partial charge in [-0.3, -0.25) is 0 Å². The predicted octanol–water partition coefficient (Wildman–Crippen LogP) is 3.14. The Balaban J connectivity index is 1.90. The van der Waals surface area contributed by atoms with Crippen LogP contribution in [0, 0.1) is 13.8 Å². The molecule has 172 valence electrons. The molecule has 1 heterocycles. The SMILES string of the molecule is CCOC(=O)c1c(C)n(-c2ccc(C)cc2)c2ccc(OC[C@H](O)CNCCCO)cc12. The van der Waals surface area contributed by atoms with E-state index in [-0.39, 0.29) is 19.2 Å². The maximum absolute atomic E-state index is 12.8. The molecule has 1 atom stereocenters. The van der Waals surface area contributed by atoms with Gasteiger partial charge in [-0.1, -0.05) is 17.7 Å². The quantitative estimate of drug-likeness (QED) is 0.313. The average Bonchev–Trinajstić information content (AvgIpc) is 3.07. The van der Waals surface area contributed by atoms with Crippen LogP contribution in [0.25, 0.3) is 16.6 Å². The number of esters is 1. The number of ether oxygens (including phenoxy) is 2. The second-order valence-electron chi connectivity index (χ2n) is 7.78. The van der Waals surface area contributed by atoms with Crippen molar-refractivity contribution in [3.63, 3.8) is 0 Å². The van der Waals surface area contributed by atoms with Crippen molar-refractivity contribution in [1.82, 2.24) is 9.88 Å². The van der Waals surface area contributed by atoms with Crippen LogP contribution in [0.5, 0.6) is 5.75 Å². The summed E-state index contributed by atoms with van der Waals surface area (Å²) in [6.45, 7) is 7.27. The fourth-order valence-corrected chi connectivity index (χ4v) is 3.70. The second kappa shape index (κ2) is 11.1. The highest BCUT2D eigenvalue weighted by molar-refractivity contribution is 6.07. The van der Waals surface area contributed by atoms with Gasteiger partial charge in [-0.2, -0.15) is 0 Å². The first-order valence-corrected chi connectivity index (χ1v) is 11.0. The molecular weight excluding hydrogens is 408 g/mol. The van der Waals surface area contributed by atoms with Crippen molar-refractivity contribution in [2.24, 2.45) is 0 Å². The normalized spacial score (nSPS) is 12.2. The molecule has 0 unspecified atom stereocenters. The number of hydrogen-bond donors (Lipinski definition) is 3. The summed E-state index contributed by atoms with van der Waals surface area (Å²) in [5.41, 5.74) is 4.32. The number of aliphatic hydroxyl groups excluding tert-OH is 2. The van der Waals surface area contributed by atoms with E-state index in [1.54, 1.807) is 6.92 Å². The molecule has 0 spiro atoms. The van der Waals surface area contributed by atoms with Crippen molar-refractivity contribution >= 4 is 16.9 Å². The van der Waals surface area contributed by atoms with Crippen LogP contribution in [0.15, 0.2) is 42.5 Å². The third-order valence-corrected chi connectivity index (χ3v) is 5.28. The molecule has 0 saturated carbocycles. The zero-order valence-electron chi connectivity index (χ0n) is 18.9. The number of carbonyl (C=O) groups excluding carboxylic acids is 1. The van der Waals surface area contributed by atoms with Gasteiger partial charge in [-0.25, -0.2) is 4.79 Å². The molecule has 3 N–H and O–H groups in total. The number of benzene rings is 2. The first-order valence-electron chi connectivity index (χ1n) is 11.0. The molecule has 0 aliphatic carbocycles. The van der Waals surface area contributed by atoms with E-state index in [0.29, 0.717) is 37.4 Å². The van der Waals surface area contributed by atoms with Gasteiger partial charge in [0.2, 0.25) is 0 Å². The summed E-state index contributed by atoms with van der Waals surface area (Å²) in [5.74, 6) is 0.199. The van der Waals surface area contributed by atoms with E-state index in [1.807, 2.05) is 60.9 Å². The molecule has 2 aromatic carbocycles. The van der Waals surface area contributed by atoms with Gasteiger partial charge in [0.15, 0.2) is 0 Å². The van der Waals surface area contributed by atoms with Crippen LogP contribution in [0.1, 0.15) is 35.0 Å². The topological polar surface area (TPSA) is 93.0 Å². The maximum atomic E-state index is 12.8. The highest BCUT2D eigenvalue weighted by atomic mass is 16.5. The summed E-state index contributed by atoms with van der Waals surface area (Å²) < 4.78 is 13.2. The molecule has 0 aliphatic heterocycles. The fourth-order valence-electron chi connectivity index (χ4n) is 3.70. The number of hydrogen-bond acceptors (Lipinski definition) is 6. The Morgan fingerprint density at radius 2 is 1.91 bits per heavy atom. The molecule has 7 heteroatoms. The molecule has 0 amide bonds. The zero-order valence-corrected chi connectivity index (χ0v) is 18.9. The lowest BCUT2D eigenvalue weighted by Gasteiger charge is -2.13. The summed E-state index contributed by atoms with van der Waals surface area (Å²) >= 11 is 0. The van der Waals surface area contributed by atoms with Gasteiger partial charge in [0, 0.05) is 29.9 Å². The molecular formula is C25H32N2O5. The number of fused-ring (bicyclic) bond motifs is 1. The molecule has 3 aromatic rings. The lowest BCUT2D eigenvalue weighted by molar-refractivity contribution is 0.0527. The largest absolute Gasteiger partial charge is 0.491 e. The molecule has 0 bridgehead atoms. The summed E-state index contributed by atoms with van der Waals surface area (Å²) in [5, 5.41) is 22.7. The highest BCUT2D eigenvalue weighted by Gasteiger charge is 2.22. The minimum Gasteiger partial charge on any atom is -0.491 e. The number of nitrogens with one attached hydrogen (secondary N) is 1. The monoisotopic (exact) mass is 440 g/mol. The Hall–Kier alpha value is -2.87. The molecule has 3 rings (SSSR count). The molecule has 32 heavy (non-hydrogen) atoms. The number of carbonyl (C=O) groups is 1. The van der Waals surface area contributed by atoms with Gasteiger partial charge in [-0.05, 0) is 64.1 Å². The summed E-state index contributed by atoms with van der Waals surface area (Å²) in [6.07, 6.45) is -0.0501. The van der Waals surface area contributed by atoms with Crippen LogP contribution >= 0.6 is 0 Å². The van der Waals surface area contributed by atoms with Gasteiger partial charge in [0.05, 0.1) is 17.7 Å². The van der Waals surface area contributed by atoms with Crippen LogP contribution in [-0.2, 0) is 4.74 Å². The van der Waals surface area contributed by atoms with Crippen molar-refractivity contribution in [3.05, 3.63) is 59.3 Å². The van der Waals surface area contributed by atoms with E-state index in [4.69, 9.17) is 14.6 Å². The lowest BCUT2D eigenvalue weighted by Crippen LogP contribution is -2.32. The van der Waals surface area contributed by atoms with Crippen molar-refractivity contribution in [2.75, 3.05) is 32.9 Å². The lowest BCUT2D eigenvalue weighted by atomic mass is 10.1. The Labute approximate surface area is 188 Å². The third kappa shape index (κ3) is 5.48. The van der Waals surface area contributed by atoms with Gasteiger partial charge in [0.25, 0.3) is 0 Å². The summed E-state index contributed by atoms with van der Waals surface area (Å²) in [4.78, 5) is 12.8. The molecule has 0 saturated heterocycles. The minimum absolute atomic E-state index is 0.115. The van der Waals surface area contributed by atoms with Crippen molar-refractivity contribution < 1.29 is 24.5 Å².